The van der Waals surface area contributed by atoms with E-state index in [0.29, 0.717) is 19.4 Å². The molecule has 18 heavy (non-hydrogen) atoms. The first-order chi connectivity index (χ1) is 8.52. The standard InChI is InChI=1S/C10H22NO5PS/c1-15-17(13,14)16-8-5-3-4-7-11-10(12)6-9-18-2/h3-9H2,1-2H3,(H,11,12)(H,13,14). The highest BCUT2D eigenvalue weighted by molar-refractivity contribution is 7.98. The third-order valence-electron chi connectivity index (χ3n) is 2.16. The Hall–Kier alpha value is -0.0700. The lowest BCUT2D eigenvalue weighted by molar-refractivity contribution is -0.120. The minimum Gasteiger partial charge on any atom is -0.356 e. The van der Waals surface area contributed by atoms with Gasteiger partial charge in [-0.3, -0.25) is 13.8 Å². The Kier molecular flexibility index (Phi) is 10.8. The van der Waals surface area contributed by atoms with E-state index in [1.807, 2.05) is 6.26 Å². The van der Waals surface area contributed by atoms with Crippen molar-refractivity contribution in [2.75, 3.05) is 32.3 Å². The largest absolute Gasteiger partial charge is 0.471 e. The Morgan fingerprint density at radius 1 is 1.39 bits per heavy atom. The zero-order valence-electron chi connectivity index (χ0n) is 10.9. The van der Waals surface area contributed by atoms with Crippen LogP contribution < -0.4 is 5.32 Å². The topological polar surface area (TPSA) is 84.9 Å². The van der Waals surface area contributed by atoms with Crippen LogP contribution in [0.15, 0.2) is 0 Å². The molecule has 0 saturated heterocycles. The fourth-order valence-corrected chi connectivity index (χ4v) is 2.00. The van der Waals surface area contributed by atoms with Crippen LogP contribution >= 0.6 is 19.6 Å². The van der Waals surface area contributed by atoms with Crippen LogP contribution in [-0.4, -0.2) is 43.1 Å². The van der Waals surface area contributed by atoms with E-state index in [0.717, 1.165) is 25.7 Å². The summed E-state index contributed by atoms with van der Waals surface area (Å²) >= 11 is 1.65. The number of carbonyl (C=O) groups is 1. The minimum absolute atomic E-state index is 0.0693. The zero-order chi connectivity index (χ0) is 13.9. The molecule has 0 aliphatic rings. The lowest BCUT2D eigenvalue weighted by atomic mass is 10.2. The summed E-state index contributed by atoms with van der Waals surface area (Å²) < 4.78 is 19.8. The van der Waals surface area contributed by atoms with Gasteiger partial charge in [0.05, 0.1) is 6.61 Å². The average molecular weight is 299 g/mol. The van der Waals surface area contributed by atoms with Crippen molar-refractivity contribution >= 4 is 25.5 Å². The summed E-state index contributed by atoms with van der Waals surface area (Å²) in [5.41, 5.74) is 0. The second-order valence-corrected chi connectivity index (χ2v) is 6.18. The third kappa shape index (κ3) is 11.0. The molecule has 108 valence electrons. The normalized spacial score (nSPS) is 14.2. The maximum absolute atomic E-state index is 11.2. The lowest BCUT2D eigenvalue weighted by Crippen LogP contribution is -2.24. The maximum Gasteiger partial charge on any atom is 0.471 e. The van der Waals surface area contributed by atoms with E-state index in [1.165, 1.54) is 0 Å². The third-order valence-corrected chi connectivity index (χ3v) is 3.74. The number of hydrogen-bond acceptors (Lipinski definition) is 5. The van der Waals surface area contributed by atoms with Crippen LogP contribution in [0.5, 0.6) is 0 Å². The van der Waals surface area contributed by atoms with Crippen LogP contribution in [0.2, 0.25) is 0 Å². The van der Waals surface area contributed by atoms with Gasteiger partial charge in [0.1, 0.15) is 0 Å². The molecule has 0 radical (unpaired) electrons. The molecule has 0 bridgehead atoms. The van der Waals surface area contributed by atoms with E-state index in [2.05, 4.69) is 14.4 Å². The van der Waals surface area contributed by atoms with Gasteiger partial charge in [0, 0.05) is 25.8 Å². The monoisotopic (exact) mass is 299 g/mol. The van der Waals surface area contributed by atoms with Gasteiger partial charge in [-0.2, -0.15) is 11.8 Å². The van der Waals surface area contributed by atoms with Gasteiger partial charge in [-0.25, -0.2) is 4.57 Å². The molecule has 0 aliphatic carbocycles. The predicted octanol–water partition coefficient (Wildman–Crippen LogP) is 1.79. The van der Waals surface area contributed by atoms with Crippen molar-refractivity contribution in [2.45, 2.75) is 25.7 Å². The van der Waals surface area contributed by atoms with Gasteiger partial charge in [0.2, 0.25) is 5.91 Å². The van der Waals surface area contributed by atoms with Crippen molar-refractivity contribution in [1.29, 1.82) is 0 Å². The van der Waals surface area contributed by atoms with Gasteiger partial charge >= 0.3 is 7.82 Å². The summed E-state index contributed by atoms with van der Waals surface area (Å²) in [5.74, 6) is 0.905. The molecule has 1 unspecified atom stereocenters. The molecule has 0 fully saturated rings. The number of unbranched alkanes of at least 4 members (excludes halogenated alkanes) is 2. The number of carbonyl (C=O) groups excluding carboxylic acids is 1. The first kappa shape index (κ1) is 17.9. The molecule has 0 aliphatic heterocycles. The molecule has 0 aromatic carbocycles. The Morgan fingerprint density at radius 2 is 2.11 bits per heavy atom. The van der Waals surface area contributed by atoms with E-state index in [9.17, 15) is 9.36 Å². The average Bonchev–Trinajstić information content (AvgIpc) is 2.35. The van der Waals surface area contributed by atoms with Crippen LogP contribution in [0, 0.1) is 0 Å². The fourth-order valence-electron chi connectivity index (χ4n) is 1.15. The highest BCUT2D eigenvalue weighted by Gasteiger charge is 2.17. The molecule has 6 nitrogen and oxygen atoms in total. The quantitative estimate of drug-likeness (QED) is 0.447. The Balaban J connectivity index is 3.31. The SMILES string of the molecule is COP(=O)(O)OCCCCCNC(=O)CCSC. The van der Waals surface area contributed by atoms with E-state index in [4.69, 9.17) is 4.89 Å². The van der Waals surface area contributed by atoms with E-state index >= 15 is 0 Å². The number of phosphoric ester groups is 1. The summed E-state index contributed by atoms with van der Waals surface area (Å²) in [6.07, 6.45) is 4.83. The van der Waals surface area contributed by atoms with Gasteiger partial charge in [-0.1, -0.05) is 0 Å². The lowest BCUT2D eigenvalue weighted by Gasteiger charge is -2.08. The fraction of sp³-hybridized carbons (Fsp3) is 0.900. The van der Waals surface area contributed by atoms with Crippen LogP contribution in [-0.2, 0) is 18.4 Å². The summed E-state index contributed by atoms with van der Waals surface area (Å²) in [5, 5.41) is 2.81. The number of rotatable bonds is 11. The highest BCUT2D eigenvalue weighted by atomic mass is 32.2. The Morgan fingerprint density at radius 3 is 2.72 bits per heavy atom. The minimum atomic E-state index is -3.83. The summed E-state index contributed by atoms with van der Waals surface area (Å²) in [7, 11) is -2.70. The van der Waals surface area contributed by atoms with Crippen LogP contribution in [0.3, 0.4) is 0 Å². The second-order valence-electron chi connectivity index (χ2n) is 3.64. The van der Waals surface area contributed by atoms with Crippen molar-refractivity contribution in [3.8, 4) is 0 Å². The molecule has 0 aromatic heterocycles. The van der Waals surface area contributed by atoms with Gasteiger partial charge in [-0.05, 0) is 25.5 Å². The summed E-state index contributed by atoms with van der Waals surface area (Å²) in [4.78, 5) is 20.2. The molecule has 8 heteroatoms. The van der Waals surface area contributed by atoms with Crippen molar-refractivity contribution in [3.05, 3.63) is 0 Å². The molecule has 2 N–H and O–H groups in total. The van der Waals surface area contributed by atoms with Gasteiger partial charge < -0.3 is 10.2 Å². The molecule has 0 saturated carbocycles. The number of thioether (sulfide) groups is 1. The van der Waals surface area contributed by atoms with Crippen molar-refractivity contribution < 1.29 is 23.3 Å². The van der Waals surface area contributed by atoms with Gasteiger partial charge in [-0.15, -0.1) is 0 Å². The number of phosphoric acid groups is 1. The molecular weight excluding hydrogens is 277 g/mol. The molecule has 1 amide bonds. The van der Waals surface area contributed by atoms with Crippen LogP contribution in [0.4, 0.5) is 0 Å². The summed E-state index contributed by atoms with van der Waals surface area (Å²) in [6.45, 7) is 0.816. The van der Waals surface area contributed by atoms with E-state index in [1.54, 1.807) is 11.8 Å². The van der Waals surface area contributed by atoms with Gasteiger partial charge in [0.15, 0.2) is 0 Å². The van der Waals surface area contributed by atoms with E-state index < -0.39 is 7.82 Å². The van der Waals surface area contributed by atoms with Gasteiger partial charge in [0.25, 0.3) is 0 Å². The first-order valence-electron chi connectivity index (χ1n) is 5.80. The van der Waals surface area contributed by atoms with Crippen molar-refractivity contribution in [3.63, 3.8) is 0 Å². The number of amides is 1. The van der Waals surface area contributed by atoms with Crippen molar-refractivity contribution in [2.24, 2.45) is 0 Å². The molecule has 0 spiro atoms. The predicted molar refractivity (Wildman–Crippen MR) is 72.6 cm³/mol. The second kappa shape index (κ2) is 10.8. The van der Waals surface area contributed by atoms with Crippen molar-refractivity contribution in [1.82, 2.24) is 5.32 Å². The summed E-state index contributed by atoms with van der Waals surface area (Å²) in [6, 6.07) is 0. The Bertz CT molecular complexity index is 277. The molecule has 0 rings (SSSR count). The molecule has 0 aromatic rings. The molecule has 0 heterocycles. The molecular formula is C10H22NO5PS. The van der Waals surface area contributed by atoms with E-state index in [-0.39, 0.29) is 12.5 Å². The first-order valence-corrected chi connectivity index (χ1v) is 8.69. The number of hydrogen-bond donors (Lipinski definition) is 2. The Labute approximate surface area is 112 Å². The highest BCUT2D eigenvalue weighted by Crippen LogP contribution is 2.41. The number of nitrogens with one attached hydrogen (secondary N) is 1. The smallest absolute Gasteiger partial charge is 0.356 e. The zero-order valence-corrected chi connectivity index (χ0v) is 12.6. The van der Waals surface area contributed by atoms with Crippen LogP contribution in [0.1, 0.15) is 25.7 Å². The maximum atomic E-state index is 11.2. The molecule has 1 atom stereocenters. The van der Waals surface area contributed by atoms with Crippen LogP contribution in [0.25, 0.3) is 0 Å².